The standard InChI is InChI=1S/C19H22BrN5O2/c1-12-7-17(24(2)3)23-16(22-12)10-21-19(27)13-8-18(26)25(11-13)15-6-4-5-14(20)9-15/h4-7,9,13H,8,10-11H2,1-3H3,(H,21,27). The van der Waals surface area contributed by atoms with Crippen molar-refractivity contribution in [1.29, 1.82) is 0 Å². The predicted molar refractivity (Wildman–Crippen MR) is 108 cm³/mol. The van der Waals surface area contributed by atoms with E-state index in [2.05, 4.69) is 31.2 Å². The second-order valence-corrected chi connectivity index (χ2v) is 7.70. The fourth-order valence-electron chi connectivity index (χ4n) is 3.01. The Morgan fingerprint density at radius 3 is 2.81 bits per heavy atom. The molecule has 0 saturated carbocycles. The van der Waals surface area contributed by atoms with Gasteiger partial charge in [-0.25, -0.2) is 9.97 Å². The number of aromatic nitrogens is 2. The Balaban J connectivity index is 1.63. The number of aryl methyl sites for hydroxylation is 1. The number of hydrogen-bond donors (Lipinski definition) is 1. The van der Waals surface area contributed by atoms with E-state index in [0.29, 0.717) is 12.4 Å². The van der Waals surface area contributed by atoms with Crippen molar-refractivity contribution in [2.75, 3.05) is 30.4 Å². The molecule has 142 valence electrons. The highest BCUT2D eigenvalue weighted by Gasteiger charge is 2.35. The normalized spacial score (nSPS) is 16.5. The lowest BCUT2D eigenvalue weighted by Gasteiger charge is -2.17. The molecular formula is C19H22BrN5O2. The van der Waals surface area contributed by atoms with Gasteiger partial charge in [0.05, 0.1) is 12.5 Å². The van der Waals surface area contributed by atoms with Crippen LogP contribution in [-0.2, 0) is 16.1 Å². The summed E-state index contributed by atoms with van der Waals surface area (Å²) in [6, 6.07) is 9.40. The predicted octanol–water partition coefficient (Wildman–Crippen LogP) is 2.28. The van der Waals surface area contributed by atoms with Gasteiger partial charge in [-0.2, -0.15) is 0 Å². The lowest BCUT2D eigenvalue weighted by molar-refractivity contribution is -0.126. The van der Waals surface area contributed by atoms with Crippen molar-refractivity contribution in [3.63, 3.8) is 0 Å². The average Bonchev–Trinajstić information content (AvgIpc) is 3.01. The van der Waals surface area contributed by atoms with Gasteiger partial charge in [0.25, 0.3) is 0 Å². The molecule has 2 aromatic rings. The van der Waals surface area contributed by atoms with Crippen LogP contribution in [0.5, 0.6) is 0 Å². The van der Waals surface area contributed by atoms with Gasteiger partial charge in [0, 0.05) is 49.0 Å². The van der Waals surface area contributed by atoms with Gasteiger partial charge in [-0.3, -0.25) is 9.59 Å². The summed E-state index contributed by atoms with van der Waals surface area (Å²) in [5, 5.41) is 2.87. The first-order chi connectivity index (χ1) is 12.8. The molecule has 0 spiro atoms. The molecule has 1 N–H and O–H groups in total. The van der Waals surface area contributed by atoms with Crippen LogP contribution in [0.2, 0.25) is 0 Å². The van der Waals surface area contributed by atoms with Crippen LogP contribution in [0.1, 0.15) is 17.9 Å². The van der Waals surface area contributed by atoms with E-state index in [0.717, 1.165) is 21.7 Å². The molecule has 0 aliphatic carbocycles. The summed E-state index contributed by atoms with van der Waals surface area (Å²) in [6.45, 7) is 2.51. The number of nitrogens with zero attached hydrogens (tertiary/aromatic N) is 4. The highest BCUT2D eigenvalue weighted by Crippen LogP contribution is 2.27. The molecular weight excluding hydrogens is 410 g/mol. The highest BCUT2D eigenvalue weighted by molar-refractivity contribution is 9.10. The maximum Gasteiger partial charge on any atom is 0.227 e. The van der Waals surface area contributed by atoms with Crippen LogP contribution in [0.3, 0.4) is 0 Å². The van der Waals surface area contributed by atoms with E-state index in [1.54, 1.807) is 4.90 Å². The molecule has 0 bridgehead atoms. The Labute approximate surface area is 166 Å². The van der Waals surface area contributed by atoms with Gasteiger partial charge in [-0.05, 0) is 25.1 Å². The number of nitrogens with one attached hydrogen (secondary N) is 1. The summed E-state index contributed by atoms with van der Waals surface area (Å²) in [7, 11) is 3.82. The lowest BCUT2D eigenvalue weighted by atomic mass is 10.1. The van der Waals surface area contributed by atoms with Crippen molar-refractivity contribution in [2.24, 2.45) is 5.92 Å². The van der Waals surface area contributed by atoms with E-state index < -0.39 is 0 Å². The highest BCUT2D eigenvalue weighted by atomic mass is 79.9. The van der Waals surface area contributed by atoms with Crippen LogP contribution in [0.15, 0.2) is 34.8 Å². The lowest BCUT2D eigenvalue weighted by Crippen LogP contribution is -2.33. The van der Waals surface area contributed by atoms with E-state index >= 15 is 0 Å². The monoisotopic (exact) mass is 431 g/mol. The molecule has 8 heteroatoms. The Morgan fingerprint density at radius 2 is 2.11 bits per heavy atom. The molecule has 2 amide bonds. The Kier molecular flexibility index (Phi) is 5.74. The van der Waals surface area contributed by atoms with Gasteiger partial charge in [-0.1, -0.05) is 22.0 Å². The van der Waals surface area contributed by atoms with Crippen molar-refractivity contribution in [3.05, 3.63) is 46.3 Å². The summed E-state index contributed by atoms with van der Waals surface area (Å²) in [4.78, 5) is 37.2. The largest absolute Gasteiger partial charge is 0.363 e. The SMILES string of the molecule is Cc1cc(N(C)C)nc(CNC(=O)C2CC(=O)N(c3cccc(Br)c3)C2)n1. The van der Waals surface area contributed by atoms with Crippen molar-refractivity contribution in [2.45, 2.75) is 19.9 Å². The van der Waals surface area contributed by atoms with E-state index in [1.807, 2.05) is 56.3 Å². The van der Waals surface area contributed by atoms with E-state index in [4.69, 9.17) is 0 Å². The summed E-state index contributed by atoms with van der Waals surface area (Å²) in [5.74, 6) is 0.769. The number of amides is 2. The average molecular weight is 432 g/mol. The maximum atomic E-state index is 12.5. The first-order valence-corrected chi connectivity index (χ1v) is 9.48. The summed E-state index contributed by atoms with van der Waals surface area (Å²) >= 11 is 3.41. The molecule has 1 unspecified atom stereocenters. The van der Waals surface area contributed by atoms with E-state index in [1.165, 1.54) is 0 Å². The quantitative estimate of drug-likeness (QED) is 0.785. The van der Waals surface area contributed by atoms with E-state index in [9.17, 15) is 9.59 Å². The van der Waals surface area contributed by atoms with Gasteiger partial charge in [0.1, 0.15) is 11.6 Å². The first-order valence-electron chi connectivity index (χ1n) is 8.69. The Morgan fingerprint density at radius 1 is 1.33 bits per heavy atom. The molecule has 27 heavy (non-hydrogen) atoms. The van der Waals surface area contributed by atoms with Crippen LogP contribution in [0.4, 0.5) is 11.5 Å². The van der Waals surface area contributed by atoms with Crippen molar-refractivity contribution in [1.82, 2.24) is 15.3 Å². The number of rotatable bonds is 5. The number of anilines is 2. The van der Waals surface area contributed by atoms with Gasteiger partial charge in [-0.15, -0.1) is 0 Å². The van der Waals surface area contributed by atoms with Gasteiger partial charge >= 0.3 is 0 Å². The van der Waals surface area contributed by atoms with Crippen LogP contribution >= 0.6 is 15.9 Å². The molecule has 0 radical (unpaired) electrons. The number of hydrogen-bond acceptors (Lipinski definition) is 5. The van der Waals surface area contributed by atoms with E-state index in [-0.39, 0.29) is 30.7 Å². The number of carbonyl (C=O) groups is 2. The summed E-state index contributed by atoms with van der Waals surface area (Å²) < 4.78 is 0.897. The zero-order valence-electron chi connectivity index (χ0n) is 15.6. The molecule has 1 fully saturated rings. The number of carbonyl (C=O) groups excluding carboxylic acids is 2. The van der Waals surface area contributed by atoms with Gasteiger partial charge in [0.15, 0.2) is 0 Å². The first kappa shape index (κ1) is 19.3. The molecule has 7 nitrogen and oxygen atoms in total. The van der Waals surface area contributed by atoms with Crippen LogP contribution in [-0.4, -0.2) is 42.4 Å². The molecule has 1 atom stereocenters. The second kappa shape index (κ2) is 8.04. The minimum absolute atomic E-state index is 0.0463. The van der Waals surface area contributed by atoms with Crippen LogP contribution in [0, 0.1) is 12.8 Å². The topological polar surface area (TPSA) is 78.4 Å². The summed E-state index contributed by atoms with van der Waals surface area (Å²) in [6.07, 6.45) is 0.204. The molecule has 1 saturated heterocycles. The Bertz CT molecular complexity index is 871. The smallest absolute Gasteiger partial charge is 0.227 e. The van der Waals surface area contributed by atoms with Crippen LogP contribution in [0.25, 0.3) is 0 Å². The molecule has 1 aromatic heterocycles. The van der Waals surface area contributed by atoms with Crippen molar-refractivity contribution in [3.8, 4) is 0 Å². The molecule has 3 rings (SSSR count). The zero-order valence-corrected chi connectivity index (χ0v) is 17.2. The second-order valence-electron chi connectivity index (χ2n) is 6.78. The third-order valence-electron chi connectivity index (χ3n) is 4.38. The fraction of sp³-hybridized carbons (Fsp3) is 0.368. The molecule has 1 aliphatic heterocycles. The zero-order chi connectivity index (χ0) is 19.6. The number of benzene rings is 1. The van der Waals surface area contributed by atoms with Crippen molar-refractivity contribution < 1.29 is 9.59 Å². The van der Waals surface area contributed by atoms with Gasteiger partial charge in [0.2, 0.25) is 11.8 Å². The minimum Gasteiger partial charge on any atom is -0.363 e. The molecule has 1 aliphatic rings. The van der Waals surface area contributed by atoms with Crippen LogP contribution < -0.4 is 15.1 Å². The molecule has 2 heterocycles. The molecule has 1 aromatic carbocycles. The minimum atomic E-state index is -0.380. The number of halogens is 1. The third-order valence-corrected chi connectivity index (χ3v) is 4.87. The summed E-state index contributed by atoms with van der Waals surface area (Å²) in [5.41, 5.74) is 1.64. The fourth-order valence-corrected chi connectivity index (χ4v) is 3.39. The van der Waals surface area contributed by atoms with Gasteiger partial charge < -0.3 is 15.1 Å². The Hall–Kier alpha value is -2.48. The van der Waals surface area contributed by atoms with Crippen molar-refractivity contribution >= 4 is 39.2 Å². The third kappa shape index (κ3) is 4.63. The maximum absolute atomic E-state index is 12.5.